The van der Waals surface area contributed by atoms with E-state index in [1.54, 1.807) is 12.1 Å². The van der Waals surface area contributed by atoms with E-state index in [1.807, 2.05) is 0 Å². The molecule has 0 saturated carbocycles. The van der Waals surface area contributed by atoms with E-state index < -0.39 is 12.0 Å². The molecular weight excluding hydrogens is 210 g/mol. The second-order valence-electron chi connectivity index (χ2n) is 2.37. The van der Waals surface area contributed by atoms with E-state index in [1.165, 1.54) is 17.4 Å². The summed E-state index contributed by atoms with van der Waals surface area (Å²) in [6.07, 6.45) is 2.45. The Balaban J connectivity index is 2.68. The molecule has 70 valence electrons. The van der Waals surface area contributed by atoms with Crippen LogP contribution in [0, 0.1) is 0 Å². The highest BCUT2D eigenvalue weighted by molar-refractivity contribution is 7.16. The average molecular weight is 218 g/mol. The van der Waals surface area contributed by atoms with Crippen LogP contribution >= 0.6 is 22.9 Å². The minimum absolute atomic E-state index is 0.395. The minimum atomic E-state index is -1.00. The fraction of sp³-hybridized carbons (Fsp3) is 0.125. The summed E-state index contributed by atoms with van der Waals surface area (Å²) < 4.78 is 0.647. The second-order valence-corrected chi connectivity index (χ2v) is 4.11. The zero-order valence-electron chi connectivity index (χ0n) is 6.61. The maximum atomic E-state index is 10.2. The molecule has 13 heavy (non-hydrogen) atoms. The average Bonchev–Trinajstić information content (AvgIpc) is 2.47. The van der Waals surface area contributed by atoms with Gasteiger partial charge in [0.2, 0.25) is 0 Å². The summed E-state index contributed by atoms with van der Waals surface area (Å²) in [5, 5.41) is 8.35. The zero-order valence-corrected chi connectivity index (χ0v) is 8.18. The van der Waals surface area contributed by atoms with E-state index in [0.717, 1.165) is 11.0 Å². The van der Waals surface area contributed by atoms with E-state index in [9.17, 15) is 4.79 Å². The third kappa shape index (κ3) is 3.18. The number of rotatable bonds is 3. The lowest BCUT2D eigenvalue weighted by Gasteiger charge is -2.00. The van der Waals surface area contributed by atoms with Crippen molar-refractivity contribution in [3.63, 3.8) is 0 Å². The summed E-state index contributed by atoms with van der Waals surface area (Å²) in [6.45, 7) is 0. The Bertz CT molecular complexity index is 335. The van der Waals surface area contributed by atoms with Crippen LogP contribution in [-0.4, -0.2) is 11.1 Å². The van der Waals surface area contributed by atoms with E-state index in [0.29, 0.717) is 4.34 Å². The van der Waals surface area contributed by atoms with Gasteiger partial charge in [-0.2, -0.15) is 0 Å². The van der Waals surface area contributed by atoms with Gasteiger partial charge in [-0.25, -0.2) is 4.79 Å². The van der Waals surface area contributed by atoms with Gasteiger partial charge in [-0.05, 0) is 12.1 Å². The number of aliphatic carboxylic acids is 1. The first-order valence-corrected chi connectivity index (χ1v) is 4.71. The van der Waals surface area contributed by atoms with Crippen LogP contribution in [0.3, 0.4) is 0 Å². The second kappa shape index (κ2) is 4.41. The fourth-order valence-corrected chi connectivity index (χ4v) is 1.83. The Morgan fingerprint density at radius 1 is 1.69 bits per heavy atom. The summed E-state index contributed by atoms with van der Waals surface area (Å²) >= 11 is 7.03. The van der Waals surface area contributed by atoms with Crippen LogP contribution in [0.15, 0.2) is 24.3 Å². The number of carboxylic acid groups (broad SMARTS) is 1. The Morgan fingerprint density at radius 3 is 2.85 bits per heavy atom. The topological polar surface area (TPSA) is 63.3 Å². The van der Waals surface area contributed by atoms with E-state index in [-0.39, 0.29) is 0 Å². The van der Waals surface area contributed by atoms with Crippen molar-refractivity contribution in [2.45, 2.75) is 6.04 Å². The van der Waals surface area contributed by atoms with Crippen molar-refractivity contribution in [2.24, 2.45) is 5.73 Å². The van der Waals surface area contributed by atoms with E-state index in [2.05, 4.69) is 0 Å². The molecule has 0 amide bonds. The van der Waals surface area contributed by atoms with Crippen molar-refractivity contribution < 1.29 is 9.90 Å². The number of halogens is 1. The molecule has 3 N–H and O–H groups in total. The van der Waals surface area contributed by atoms with Gasteiger partial charge in [-0.1, -0.05) is 17.7 Å². The normalized spacial score (nSPS) is 13.4. The van der Waals surface area contributed by atoms with Crippen molar-refractivity contribution >= 4 is 28.9 Å². The molecule has 0 bridgehead atoms. The lowest BCUT2D eigenvalue weighted by atomic mass is 10.2. The van der Waals surface area contributed by atoms with Crippen LogP contribution in [-0.2, 0) is 4.79 Å². The number of carbonyl (C=O) groups is 1. The molecule has 1 rings (SSSR count). The Hall–Kier alpha value is -0.840. The first-order chi connectivity index (χ1) is 6.09. The summed E-state index contributed by atoms with van der Waals surface area (Å²) in [5.74, 6) is -1.00. The van der Waals surface area contributed by atoms with Gasteiger partial charge in [0, 0.05) is 11.0 Å². The molecule has 5 heteroatoms. The maximum absolute atomic E-state index is 10.2. The van der Waals surface area contributed by atoms with Crippen LogP contribution in [0.1, 0.15) is 10.9 Å². The molecule has 1 aromatic rings. The molecule has 0 aliphatic heterocycles. The quantitative estimate of drug-likeness (QED) is 0.762. The largest absolute Gasteiger partial charge is 0.478 e. The Labute approximate surface area is 84.4 Å². The molecule has 1 atom stereocenters. The number of hydrogen-bond donors (Lipinski definition) is 2. The van der Waals surface area contributed by atoms with Crippen LogP contribution in [0.2, 0.25) is 4.34 Å². The van der Waals surface area contributed by atoms with Crippen LogP contribution < -0.4 is 5.73 Å². The third-order valence-electron chi connectivity index (χ3n) is 1.37. The molecule has 0 fully saturated rings. The summed E-state index contributed by atoms with van der Waals surface area (Å²) in [4.78, 5) is 11.0. The monoisotopic (exact) mass is 217 g/mol. The Morgan fingerprint density at radius 2 is 2.38 bits per heavy atom. The van der Waals surface area contributed by atoms with Gasteiger partial charge in [0.25, 0.3) is 0 Å². The van der Waals surface area contributed by atoms with Gasteiger partial charge in [-0.15, -0.1) is 11.3 Å². The molecule has 0 spiro atoms. The molecule has 1 aromatic heterocycles. The van der Waals surface area contributed by atoms with Crippen molar-refractivity contribution in [1.82, 2.24) is 0 Å². The number of carboxylic acids is 1. The van der Waals surface area contributed by atoms with Gasteiger partial charge in [0.15, 0.2) is 0 Å². The highest BCUT2D eigenvalue weighted by Gasteiger charge is 2.04. The van der Waals surface area contributed by atoms with Gasteiger partial charge < -0.3 is 10.8 Å². The fourth-order valence-electron chi connectivity index (χ4n) is 0.788. The Kier molecular flexibility index (Phi) is 3.48. The minimum Gasteiger partial charge on any atom is -0.478 e. The summed E-state index contributed by atoms with van der Waals surface area (Å²) in [6, 6.07) is 3.12. The van der Waals surface area contributed by atoms with Crippen molar-refractivity contribution in [3.05, 3.63) is 33.5 Å². The summed E-state index contributed by atoms with van der Waals surface area (Å²) in [7, 11) is 0. The first kappa shape index (κ1) is 10.2. The first-order valence-electron chi connectivity index (χ1n) is 3.51. The maximum Gasteiger partial charge on any atom is 0.328 e. The van der Waals surface area contributed by atoms with Gasteiger partial charge >= 0.3 is 5.97 Å². The lowest BCUT2D eigenvalue weighted by molar-refractivity contribution is -0.131. The molecule has 0 aromatic carbocycles. The number of nitrogens with two attached hydrogens (primary N) is 1. The van der Waals surface area contributed by atoms with Gasteiger partial charge in [0.1, 0.15) is 0 Å². The van der Waals surface area contributed by atoms with Crippen molar-refractivity contribution in [2.75, 3.05) is 0 Å². The van der Waals surface area contributed by atoms with E-state index in [4.69, 9.17) is 22.4 Å². The van der Waals surface area contributed by atoms with Crippen molar-refractivity contribution in [1.29, 1.82) is 0 Å². The highest BCUT2D eigenvalue weighted by atomic mass is 35.5. The highest BCUT2D eigenvalue weighted by Crippen LogP contribution is 2.26. The molecule has 3 nitrogen and oxygen atoms in total. The molecule has 1 heterocycles. The molecular formula is C8H8ClNO2S. The van der Waals surface area contributed by atoms with Gasteiger partial charge in [0.05, 0.1) is 10.4 Å². The third-order valence-corrected chi connectivity index (χ3v) is 2.70. The zero-order chi connectivity index (χ0) is 9.84. The van der Waals surface area contributed by atoms with Crippen LogP contribution in [0.5, 0.6) is 0 Å². The smallest absolute Gasteiger partial charge is 0.328 e. The van der Waals surface area contributed by atoms with Crippen LogP contribution in [0.25, 0.3) is 0 Å². The lowest BCUT2D eigenvalue weighted by Crippen LogP contribution is -2.05. The SMILES string of the molecule is NC(/C=C/C(=O)O)c1ccc(Cl)s1. The van der Waals surface area contributed by atoms with E-state index >= 15 is 0 Å². The molecule has 1 unspecified atom stereocenters. The van der Waals surface area contributed by atoms with Crippen LogP contribution in [0.4, 0.5) is 0 Å². The predicted octanol–water partition coefficient (Wildman–Crippen LogP) is 2.04. The van der Waals surface area contributed by atoms with Crippen molar-refractivity contribution in [3.8, 4) is 0 Å². The number of thiophene rings is 1. The molecule has 0 saturated heterocycles. The molecule has 0 aliphatic rings. The molecule has 0 radical (unpaired) electrons. The standard InChI is InChI=1S/C8H8ClNO2S/c9-7-3-2-6(13-7)5(10)1-4-8(11)12/h1-5H,10H2,(H,11,12)/b4-1+. The van der Waals surface area contributed by atoms with Gasteiger partial charge in [-0.3, -0.25) is 0 Å². The number of hydrogen-bond acceptors (Lipinski definition) is 3. The molecule has 0 aliphatic carbocycles. The predicted molar refractivity (Wildman–Crippen MR) is 53.0 cm³/mol. The summed E-state index contributed by atoms with van der Waals surface area (Å²) in [5.41, 5.74) is 5.66.